The maximum atomic E-state index is 13.5. The second-order valence-electron chi connectivity index (χ2n) is 6.22. The third-order valence-corrected chi connectivity index (χ3v) is 5.83. The Bertz CT molecular complexity index is 962. The number of hydrogen-bond donors (Lipinski definition) is 0. The number of rotatable bonds is 7. The lowest BCUT2D eigenvalue weighted by Crippen LogP contribution is -2.20. The van der Waals surface area contributed by atoms with Crippen LogP contribution in [0.5, 0.6) is 0 Å². The zero-order chi connectivity index (χ0) is 18.9. The molecule has 2 aromatic carbocycles. The maximum absolute atomic E-state index is 13.5. The van der Waals surface area contributed by atoms with Gasteiger partial charge < -0.3 is 4.74 Å². The minimum Gasteiger partial charge on any atom is -0.354 e. The molecule has 0 saturated carbocycles. The highest BCUT2D eigenvalue weighted by molar-refractivity contribution is 7.99. The topological polar surface area (TPSA) is 43.2 Å². The highest BCUT2D eigenvalue weighted by atomic mass is 35.5. The van der Waals surface area contributed by atoms with Crippen LogP contribution in [0.4, 0.5) is 4.39 Å². The van der Waals surface area contributed by atoms with Crippen LogP contribution < -0.4 is 0 Å². The summed E-state index contributed by atoms with van der Waals surface area (Å²) in [6, 6.07) is 14.0. The minimum atomic E-state index is -0.671. The van der Waals surface area contributed by atoms with Crippen molar-refractivity contribution >= 4 is 23.4 Å². The summed E-state index contributed by atoms with van der Waals surface area (Å²) in [6.45, 7) is 4.19. The molecule has 2 atom stereocenters. The predicted octanol–water partition coefficient (Wildman–Crippen LogP) is 5.02. The summed E-state index contributed by atoms with van der Waals surface area (Å²) >= 11 is 7.94. The molecule has 1 aliphatic heterocycles. The summed E-state index contributed by atoms with van der Waals surface area (Å²) in [5, 5.41) is 5.78. The van der Waals surface area contributed by atoms with Gasteiger partial charge in [0.1, 0.15) is 23.8 Å². The summed E-state index contributed by atoms with van der Waals surface area (Å²) in [6.07, 6.45) is 3.11. The normalized spacial score (nSPS) is 21.2. The molecule has 0 N–H and O–H groups in total. The number of aromatic nitrogens is 3. The molecule has 1 aliphatic rings. The number of hydrogen-bond acceptors (Lipinski definition) is 4. The quantitative estimate of drug-likeness (QED) is 0.317. The van der Waals surface area contributed by atoms with Crippen molar-refractivity contribution in [3.8, 4) is 0 Å². The smallest absolute Gasteiger partial charge is 0.186 e. The lowest BCUT2D eigenvalue weighted by Gasteiger charge is -2.15. The van der Waals surface area contributed by atoms with E-state index in [0.717, 1.165) is 22.0 Å². The van der Waals surface area contributed by atoms with E-state index in [1.54, 1.807) is 23.9 Å². The fourth-order valence-electron chi connectivity index (χ4n) is 3.17. The summed E-state index contributed by atoms with van der Waals surface area (Å²) in [5.74, 6) is 0.448. The Labute approximate surface area is 166 Å². The summed E-state index contributed by atoms with van der Waals surface area (Å²) in [7, 11) is 0. The Hall–Kier alpha value is -2.15. The number of epoxide rings is 1. The first kappa shape index (κ1) is 18.2. The van der Waals surface area contributed by atoms with Crippen LogP contribution in [0.25, 0.3) is 0 Å². The van der Waals surface area contributed by atoms with Crippen LogP contribution in [0.2, 0.25) is 5.02 Å². The highest BCUT2D eigenvalue weighted by Crippen LogP contribution is 2.59. The summed E-state index contributed by atoms with van der Waals surface area (Å²) in [5.41, 5.74) is 1.11. The van der Waals surface area contributed by atoms with Crippen molar-refractivity contribution in [3.63, 3.8) is 0 Å². The van der Waals surface area contributed by atoms with Gasteiger partial charge in [-0.15, -0.1) is 6.58 Å². The molecule has 138 valence electrons. The monoisotopic (exact) mass is 401 g/mol. The van der Waals surface area contributed by atoms with E-state index < -0.39 is 5.60 Å². The minimum absolute atomic E-state index is 0.238. The summed E-state index contributed by atoms with van der Waals surface area (Å²) < 4.78 is 21.5. The van der Waals surface area contributed by atoms with Crippen LogP contribution in [-0.4, -0.2) is 20.5 Å². The molecular weight excluding hydrogens is 385 g/mol. The Morgan fingerprint density at radius 1 is 1.26 bits per heavy atom. The average molecular weight is 402 g/mol. The van der Waals surface area contributed by atoms with E-state index in [1.165, 1.54) is 18.5 Å². The number of benzene rings is 2. The zero-order valence-electron chi connectivity index (χ0n) is 14.4. The van der Waals surface area contributed by atoms with Gasteiger partial charge in [0.05, 0.1) is 6.54 Å². The van der Waals surface area contributed by atoms with Gasteiger partial charge in [0.2, 0.25) is 0 Å². The molecule has 0 bridgehead atoms. The van der Waals surface area contributed by atoms with E-state index in [4.69, 9.17) is 16.3 Å². The molecule has 3 aromatic rings. The number of ether oxygens (including phenoxy) is 1. The molecule has 1 aromatic heterocycles. The SMILES string of the molecule is C=CCSc1ncnn1CC1(c2ccc(F)cc2)OC1c1ccccc1Cl. The van der Waals surface area contributed by atoms with Crippen molar-refractivity contribution in [2.24, 2.45) is 0 Å². The van der Waals surface area contributed by atoms with E-state index in [-0.39, 0.29) is 11.9 Å². The third kappa shape index (κ3) is 3.52. The second-order valence-corrected chi connectivity index (χ2v) is 7.61. The van der Waals surface area contributed by atoms with Crippen molar-refractivity contribution < 1.29 is 9.13 Å². The molecule has 4 nitrogen and oxygen atoms in total. The Kier molecular flexibility index (Phi) is 5.04. The molecule has 27 heavy (non-hydrogen) atoms. The van der Waals surface area contributed by atoms with E-state index in [1.807, 2.05) is 35.0 Å². The van der Waals surface area contributed by atoms with Gasteiger partial charge >= 0.3 is 0 Å². The van der Waals surface area contributed by atoms with Gasteiger partial charge in [0.15, 0.2) is 5.16 Å². The fraction of sp³-hybridized carbons (Fsp3) is 0.200. The van der Waals surface area contributed by atoms with E-state index in [2.05, 4.69) is 16.7 Å². The van der Waals surface area contributed by atoms with Gasteiger partial charge in [-0.2, -0.15) is 5.10 Å². The van der Waals surface area contributed by atoms with Gasteiger partial charge in [-0.25, -0.2) is 14.1 Å². The fourth-order valence-corrected chi connectivity index (χ4v) is 4.06. The lowest BCUT2D eigenvalue weighted by molar-refractivity contribution is 0.256. The van der Waals surface area contributed by atoms with Gasteiger partial charge in [-0.1, -0.05) is 59.8 Å². The van der Waals surface area contributed by atoms with Crippen LogP contribution in [0, 0.1) is 5.82 Å². The van der Waals surface area contributed by atoms with Gasteiger partial charge in [0.25, 0.3) is 0 Å². The molecule has 0 spiro atoms. The molecule has 0 radical (unpaired) electrons. The van der Waals surface area contributed by atoms with Gasteiger partial charge in [0, 0.05) is 16.3 Å². The molecule has 0 aliphatic carbocycles. The molecule has 1 fully saturated rings. The van der Waals surface area contributed by atoms with Crippen LogP contribution >= 0.6 is 23.4 Å². The number of halogens is 2. The summed E-state index contributed by atoms with van der Waals surface area (Å²) in [4.78, 5) is 4.31. The maximum Gasteiger partial charge on any atom is 0.186 e. The van der Waals surface area contributed by atoms with Crippen molar-refractivity contribution in [3.05, 3.63) is 89.5 Å². The largest absolute Gasteiger partial charge is 0.354 e. The molecule has 4 rings (SSSR count). The first-order valence-electron chi connectivity index (χ1n) is 8.44. The molecule has 2 heterocycles. The van der Waals surface area contributed by atoms with Crippen LogP contribution in [0.1, 0.15) is 17.2 Å². The zero-order valence-corrected chi connectivity index (χ0v) is 16.0. The predicted molar refractivity (Wildman–Crippen MR) is 104 cm³/mol. The van der Waals surface area contributed by atoms with Crippen molar-refractivity contribution in [2.75, 3.05) is 5.75 Å². The highest BCUT2D eigenvalue weighted by Gasteiger charge is 2.59. The van der Waals surface area contributed by atoms with E-state index in [9.17, 15) is 4.39 Å². The molecule has 2 unspecified atom stereocenters. The molecule has 1 saturated heterocycles. The van der Waals surface area contributed by atoms with Crippen LogP contribution in [-0.2, 0) is 16.9 Å². The first-order chi connectivity index (χ1) is 13.1. The van der Waals surface area contributed by atoms with Crippen LogP contribution in [0.3, 0.4) is 0 Å². The first-order valence-corrected chi connectivity index (χ1v) is 9.80. The Morgan fingerprint density at radius 3 is 2.78 bits per heavy atom. The van der Waals surface area contributed by atoms with Crippen molar-refractivity contribution in [1.29, 1.82) is 0 Å². The Morgan fingerprint density at radius 2 is 2.04 bits per heavy atom. The van der Waals surface area contributed by atoms with Crippen molar-refractivity contribution in [2.45, 2.75) is 23.4 Å². The number of thioether (sulfide) groups is 1. The van der Waals surface area contributed by atoms with E-state index >= 15 is 0 Å². The lowest BCUT2D eigenvalue weighted by atomic mass is 9.91. The standard InChI is InChI=1S/C20H17ClFN3OS/c1-2-11-27-19-23-13-24-25(19)12-20(14-7-9-15(22)10-8-14)18(26-20)16-5-3-4-6-17(16)21/h2-10,13,18H,1,11-12H2. The molecule has 7 heteroatoms. The van der Waals surface area contributed by atoms with Crippen molar-refractivity contribution in [1.82, 2.24) is 14.8 Å². The molecule has 0 amide bonds. The van der Waals surface area contributed by atoms with Gasteiger partial charge in [-0.05, 0) is 23.8 Å². The van der Waals surface area contributed by atoms with Crippen LogP contribution in [0.15, 0.2) is 72.7 Å². The Balaban J connectivity index is 1.71. The second kappa shape index (κ2) is 7.46. The average Bonchev–Trinajstić information content (AvgIpc) is 3.22. The third-order valence-electron chi connectivity index (χ3n) is 4.51. The van der Waals surface area contributed by atoms with E-state index in [0.29, 0.717) is 11.6 Å². The van der Waals surface area contributed by atoms with Gasteiger partial charge in [-0.3, -0.25) is 0 Å². The number of nitrogens with zero attached hydrogens (tertiary/aromatic N) is 3. The molecular formula is C20H17ClFN3OS.